The number of anilines is 1. The van der Waals surface area contributed by atoms with E-state index in [0.29, 0.717) is 6.04 Å². The van der Waals surface area contributed by atoms with Crippen LogP contribution in [0.1, 0.15) is 26.2 Å². The second kappa shape index (κ2) is 9.09. The van der Waals surface area contributed by atoms with Gasteiger partial charge < -0.3 is 20.4 Å². The molecule has 0 spiro atoms. The molecule has 2 heterocycles. The summed E-state index contributed by atoms with van der Waals surface area (Å²) >= 11 is 0. The van der Waals surface area contributed by atoms with Crippen molar-refractivity contribution >= 4 is 11.6 Å². The van der Waals surface area contributed by atoms with Gasteiger partial charge in [-0.15, -0.1) is 0 Å². The molecule has 2 saturated heterocycles. The average Bonchev–Trinajstić information content (AvgIpc) is 3.10. The quantitative estimate of drug-likeness (QED) is 0.635. The maximum atomic E-state index is 4.40. The van der Waals surface area contributed by atoms with E-state index in [0.717, 1.165) is 44.5 Å². The fraction of sp³-hybridized carbons (Fsp3) is 0.650. The molecule has 2 aliphatic heterocycles. The van der Waals surface area contributed by atoms with Gasteiger partial charge in [0.1, 0.15) is 0 Å². The minimum Gasteiger partial charge on any atom is -0.369 e. The lowest BCUT2D eigenvalue weighted by Gasteiger charge is -2.31. The Morgan fingerprint density at radius 3 is 2.76 bits per heavy atom. The molecule has 2 fully saturated rings. The molecule has 2 atom stereocenters. The smallest absolute Gasteiger partial charge is 0.191 e. The molecule has 1 aromatic carbocycles. The minimum atomic E-state index is 0.460. The number of guanidine groups is 1. The predicted octanol–water partition coefficient (Wildman–Crippen LogP) is 2.16. The van der Waals surface area contributed by atoms with Crippen LogP contribution in [0.15, 0.2) is 35.3 Å². The first-order chi connectivity index (χ1) is 12.2. The molecule has 5 heteroatoms. The molecule has 0 bridgehead atoms. The molecule has 5 nitrogen and oxygen atoms in total. The number of hydrogen-bond acceptors (Lipinski definition) is 3. The summed E-state index contributed by atoms with van der Waals surface area (Å²) in [5, 5.41) is 7.08. The summed E-state index contributed by atoms with van der Waals surface area (Å²) in [4.78, 5) is 9.42. The van der Waals surface area contributed by atoms with Crippen molar-refractivity contribution in [3.63, 3.8) is 0 Å². The van der Waals surface area contributed by atoms with Gasteiger partial charge in [0.2, 0.25) is 0 Å². The van der Waals surface area contributed by atoms with E-state index in [1.54, 1.807) is 0 Å². The topological polar surface area (TPSA) is 42.9 Å². The van der Waals surface area contributed by atoms with Gasteiger partial charge >= 0.3 is 0 Å². The number of rotatable bonds is 5. The predicted molar refractivity (Wildman–Crippen MR) is 106 cm³/mol. The van der Waals surface area contributed by atoms with E-state index in [1.807, 2.05) is 7.05 Å². The minimum absolute atomic E-state index is 0.460. The Labute approximate surface area is 152 Å². The summed E-state index contributed by atoms with van der Waals surface area (Å²) in [6, 6.07) is 11.1. The van der Waals surface area contributed by atoms with Crippen LogP contribution in [0, 0.1) is 5.92 Å². The van der Waals surface area contributed by atoms with Gasteiger partial charge in [0, 0.05) is 51.5 Å². The van der Waals surface area contributed by atoms with Crippen LogP contribution in [0.25, 0.3) is 0 Å². The van der Waals surface area contributed by atoms with Crippen molar-refractivity contribution in [1.82, 2.24) is 15.5 Å². The standard InChI is InChI=1S/C20H33N5/c1-17-7-6-12-24(15-17)14-11-22-20(21-2)23-18-10-13-25(16-18)19-8-4-3-5-9-19/h3-5,8-9,17-18H,6-7,10-16H2,1-2H3,(H2,21,22,23). The highest BCUT2D eigenvalue weighted by molar-refractivity contribution is 5.80. The molecule has 0 radical (unpaired) electrons. The summed E-state index contributed by atoms with van der Waals surface area (Å²) in [7, 11) is 1.86. The van der Waals surface area contributed by atoms with Gasteiger partial charge in [-0.05, 0) is 43.9 Å². The van der Waals surface area contributed by atoms with Gasteiger partial charge in [0.25, 0.3) is 0 Å². The molecule has 25 heavy (non-hydrogen) atoms. The molecule has 2 unspecified atom stereocenters. The van der Waals surface area contributed by atoms with E-state index in [1.165, 1.54) is 31.6 Å². The Kier molecular flexibility index (Phi) is 6.56. The highest BCUT2D eigenvalue weighted by atomic mass is 15.3. The van der Waals surface area contributed by atoms with E-state index in [9.17, 15) is 0 Å². The Morgan fingerprint density at radius 2 is 2.00 bits per heavy atom. The van der Waals surface area contributed by atoms with Crippen molar-refractivity contribution in [3.8, 4) is 0 Å². The van der Waals surface area contributed by atoms with Crippen LogP contribution in [-0.4, -0.2) is 63.2 Å². The summed E-state index contributed by atoms with van der Waals surface area (Å²) < 4.78 is 0. The van der Waals surface area contributed by atoms with E-state index in [2.05, 4.69) is 62.7 Å². The molecule has 2 aliphatic rings. The number of hydrogen-bond donors (Lipinski definition) is 2. The van der Waals surface area contributed by atoms with Crippen LogP contribution in [0.3, 0.4) is 0 Å². The number of aliphatic imine (C=N–C) groups is 1. The van der Waals surface area contributed by atoms with Crippen LogP contribution in [0.2, 0.25) is 0 Å². The number of piperidine rings is 1. The van der Waals surface area contributed by atoms with E-state index in [-0.39, 0.29) is 0 Å². The van der Waals surface area contributed by atoms with Crippen molar-refractivity contribution in [2.45, 2.75) is 32.2 Å². The van der Waals surface area contributed by atoms with Crippen LogP contribution in [0.4, 0.5) is 5.69 Å². The third-order valence-corrected chi connectivity index (χ3v) is 5.34. The third kappa shape index (κ3) is 5.36. The normalized spacial score (nSPS) is 25.2. The molecule has 2 N–H and O–H groups in total. The number of para-hydroxylation sites is 1. The van der Waals surface area contributed by atoms with Gasteiger partial charge in [-0.3, -0.25) is 4.99 Å². The van der Waals surface area contributed by atoms with E-state index < -0.39 is 0 Å². The van der Waals surface area contributed by atoms with Crippen molar-refractivity contribution in [2.75, 3.05) is 51.2 Å². The molecule has 1 aromatic rings. The first-order valence-electron chi connectivity index (χ1n) is 9.74. The fourth-order valence-electron chi connectivity index (χ4n) is 3.96. The Bertz CT molecular complexity index is 544. The SMILES string of the molecule is CN=C(NCCN1CCCC(C)C1)NC1CCN(c2ccccc2)C1. The Hall–Kier alpha value is -1.75. The van der Waals surface area contributed by atoms with Crippen LogP contribution >= 0.6 is 0 Å². The molecule has 0 amide bonds. The Morgan fingerprint density at radius 1 is 1.16 bits per heavy atom. The Balaban J connectivity index is 1.39. The zero-order valence-corrected chi connectivity index (χ0v) is 15.7. The first-order valence-corrected chi connectivity index (χ1v) is 9.74. The molecular formula is C20H33N5. The highest BCUT2D eigenvalue weighted by Crippen LogP contribution is 2.19. The number of likely N-dealkylation sites (tertiary alicyclic amines) is 1. The van der Waals surface area contributed by atoms with Gasteiger partial charge in [0.05, 0.1) is 0 Å². The molecule has 138 valence electrons. The summed E-state index contributed by atoms with van der Waals surface area (Å²) in [6.07, 6.45) is 3.87. The number of nitrogens with one attached hydrogen (secondary N) is 2. The summed E-state index contributed by atoms with van der Waals surface area (Å²) in [6.45, 7) is 9.04. The van der Waals surface area contributed by atoms with E-state index >= 15 is 0 Å². The second-order valence-electron chi connectivity index (χ2n) is 7.46. The summed E-state index contributed by atoms with van der Waals surface area (Å²) in [5.74, 6) is 1.78. The lowest BCUT2D eigenvalue weighted by molar-refractivity contribution is 0.187. The van der Waals surface area contributed by atoms with E-state index in [4.69, 9.17) is 0 Å². The lowest BCUT2D eigenvalue weighted by atomic mass is 10.0. The highest BCUT2D eigenvalue weighted by Gasteiger charge is 2.23. The second-order valence-corrected chi connectivity index (χ2v) is 7.46. The molecule has 0 saturated carbocycles. The van der Waals surface area contributed by atoms with Crippen molar-refractivity contribution < 1.29 is 0 Å². The van der Waals surface area contributed by atoms with Crippen molar-refractivity contribution in [2.24, 2.45) is 10.9 Å². The van der Waals surface area contributed by atoms with Crippen LogP contribution in [0.5, 0.6) is 0 Å². The number of nitrogens with zero attached hydrogens (tertiary/aromatic N) is 3. The van der Waals surface area contributed by atoms with Gasteiger partial charge in [-0.1, -0.05) is 25.1 Å². The van der Waals surface area contributed by atoms with Gasteiger partial charge in [-0.25, -0.2) is 0 Å². The zero-order valence-electron chi connectivity index (χ0n) is 15.7. The van der Waals surface area contributed by atoms with Crippen LogP contribution < -0.4 is 15.5 Å². The molecular weight excluding hydrogens is 310 g/mol. The fourth-order valence-corrected chi connectivity index (χ4v) is 3.96. The maximum Gasteiger partial charge on any atom is 0.191 e. The van der Waals surface area contributed by atoms with Gasteiger partial charge in [-0.2, -0.15) is 0 Å². The monoisotopic (exact) mass is 343 g/mol. The molecule has 0 aliphatic carbocycles. The maximum absolute atomic E-state index is 4.40. The average molecular weight is 344 g/mol. The number of benzene rings is 1. The van der Waals surface area contributed by atoms with Crippen LogP contribution in [-0.2, 0) is 0 Å². The van der Waals surface area contributed by atoms with Gasteiger partial charge in [0.15, 0.2) is 5.96 Å². The molecule has 3 rings (SSSR count). The van der Waals surface area contributed by atoms with Crippen molar-refractivity contribution in [1.29, 1.82) is 0 Å². The largest absolute Gasteiger partial charge is 0.369 e. The first kappa shape index (κ1) is 18.1. The molecule has 0 aromatic heterocycles. The van der Waals surface area contributed by atoms with Crippen molar-refractivity contribution in [3.05, 3.63) is 30.3 Å². The lowest BCUT2D eigenvalue weighted by Crippen LogP contribution is -2.47. The third-order valence-electron chi connectivity index (χ3n) is 5.34. The summed E-state index contributed by atoms with van der Waals surface area (Å²) in [5.41, 5.74) is 1.31. The zero-order chi connectivity index (χ0) is 17.5.